The molecule has 1 amide bonds. The minimum Gasteiger partial charge on any atom is -0.310 e. The van der Waals surface area contributed by atoms with E-state index in [-0.39, 0.29) is 11.8 Å². The number of rotatable bonds is 3. The molecule has 4 heteroatoms. The lowest BCUT2D eigenvalue weighted by Crippen LogP contribution is -2.36. The zero-order chi connectivity index (χ0) is 14.9. The molecule has 0 aliphatic heterocycles. The first-order valence-electron chi connectivity index (χ1n) is 7.89. The van der Waals surface area contributed by atoms with Crippen LogP contribution < -0.4 is 5.32 Å². The molecule has 1 heterocycles. The van der Waals surface area contributed by atoms with E-state index in [9.17, 15) is 4.79 Å². The quantitative estimate of drug-likeness (QED) is 0.849. The fourth-order valence-corrected chi connectivity index (χ4v) is 3.67. The second-order valence-corrected chi connectivity index (χ2v) is 6.24. The van der Waals surface area contributed by atoms with Gasteiger partial charge in [-0.1, -0.05) is 42.5 Å². The number of allylic oxidation sites excluding steroid dienone is 2. The van der Waals surface area contributed by atoms with Crippen LogP contribution in [0.1, 0.15) is 19.3 Å². The van der Waals surface area contributed by atoms with Crippen molar-refractivity contribution in [2.45, 2.75) is 19.3 Å². The Morgan fingerprint density at radius 3 is 2.73 bits per heavy atom. The number of aromatic amines is 1. The summed E-state index contributed by atoms with van der Waals surface area (Å²) in [6.07, 6.45) is 9.61. The van der Waals surface area contributed by atoms with Gasteiger partial charge in [-0.15, -0.1) is 0 Å². The summed E-state index contributed by atoms with van der Waals surface area (Å²) < 4.78 is 0. The summed E-state index contributed by atoms with van der Waals surface area (Å²) in [6.45, 7) is 0. The second-order valence-electron chi connectivity index (χ2n) is 6.24. The van der Waals surface area contributed by atoms with Crippen molar-refractivity contribution in [1.29, 1.82) is 0 Å². The van der Waals surface area contributed by atoms with Gasteiger partial charge in [-0.25, -0.2) is 0 Å². The van der Waals surface area contributed by atoms with Crippen LogP contribution in [0.25, 0.3) is 11.1 Å². The zero-order valence-corrected chi connectivity index (χ0v) is 12.3. The minimum atomic E-state index is 0.0932. The fourth-order valence-electron chi connectivity index (χ4n) is 3.67. The molecule has 2 bridgehead atoms. The zero-order valence-electron chi connectivity index (χ0n) is 12.3. The lowest BCUT2D eigenvalue weighted by atomic mass is 9.69. The molecule has 0 saturated heterocycles. The third-order valence-electron chi connectivity index (χ3n) is 4.88. The number of aromatic nitrogens is 2. The Balaban J connectivity index is 1.54. The number of carbonyl (C=O) groups excluding carboxylic acids is 1. The summed E-state index contributed by atoms with van der Waals surface area (Å²) in [5, 5.41) is 10.1. The van der Waals surface area contributed by atoms with Crippen molar-refractivity contribution in [3.63, 3.8) is 0 Å². The Morgan fingerprint density at radius 1 is 1.18 bits per heavy atom. The second kappa shape index (κ2) is 5.44. The average Bonchev–Trinajstić information content (AvgIpc) is 3.05. The van der Waals surface area contributed by atoms with Gasteiger partial charge in [0.25, 0.3) is 0 Å². The van der Waals surface area contributed by atoms with E-state index < -0.39 is 0 Å². The van der Waals surface area contributed by atoms with Gasteiger partial charge in [-0.2, -0.15) is 5.10 Å². The third-order valence-corrected chi connectivity index (χ3v) is 4.88. The smallest absolute Gasteiger partial charge is 0.229 e. The van der Waals surface area contributed by atoms with Crippen LogP contribution in [0, 0.1) is 17.8 Å². The largest absolute Gasteiger partial charge is 0.310 e. The fraction of sp³-hybridized carbons (Fsp3) is 0.333. The number of fused-ring (bicyclic) bond motifs is 2. The monoisotopic (exact) mass is 293 g/mol. The Bertz CT molecular complexity index is 704. The van der Waals surface area contributed by atoms with Crippen LogP contribution in [-0.4, -0.2) is 16.1 Å². The standard InChI is InChI=1S/C18H19N3O/c22-18(15-10-12-6-8-14(15)9-7-12)20-17-16(11-19-21-17)13-4-2-1-3-5-13/h1-6,8,11-12,14-15H,7,9-10H2,(H2,19,20,21,22)/t12-,14+,15-/m1/s1. The van der Waals surface area contributed by atoms with Gasteiger partial charge in [0.15, 0.2) is 0 Å². The molecule has 4 nitrogen and oxygen atoms in total. The van der Waals surface area contributed by atoms with Crippen LogP contribution >= 0.6 is 0 Å². The van der Waals surface area contributed by atoms with E-state index in [1.165, 1.54) is 6.42 Å². The summed E-state index contributed by atoms with van der Waals surface area (Å²) >= 11 is 0. The van der Waals surface area contributed by atoms with Crippen molar-refractivity contribution in [2.24, 2.45) is 17.8 Å². The third kappa shape index (κ3) is 2.34. The summed E-state index contributed by atoms with van der Waals surface area (Å²) in [7, 11) is 0. The van der Waals surface area contributed by atoms with Crippen LogP contribution in [0.2, 0.25) is 0 Å². The lowest BCUT2D eigenvalue weighted by molar-refractivity contribution is -0.122. The van der Waals surface area contributed by atoms with E-state index in [1.807, 2.05) is 30.3 Å². The molecule has 112 valence electrons. The Morgan fingerprint density at radius 2 is 2.05 bits per heavy atom. The molecule has 22 heavy (non-hydrogen) atoms. The summed E-state index contributed by atoms with van der Waals surface area (Å²) in [4.78, 5) is 12.6. The van der Waals surface area contributed by atoms with E-state index in [0.29, 0.717) is 17.7 Å². The number of carbonyl (C=O) groups is 1. The molecule has 1 aromatic heterocycles. The molecule has 0 spiro atoms. The summed E-state index contributed by atoms with van der Waals surface area (Å²) in [5.41, 5.74) is 1.99. The predicted octanol–water partition coefficient (Wildman–Crippen LogP) is 3.62. The highest BCUT2D eigenvalue weighted by molar-refractivity contribution is 5.95. The van der Waals surface area contributed by atoms with Gasteiger partial charge in [0.05, 0.1) is 6.20 Å². The molecule has 3 aliphatic carbocycles. The number of hydrogen-bond donors (Lipinski definition) is 2. The van der Waals surface area contributed by atoms with Crippen molar-refractivity contribution >= 4 is 11.7 Å². The molecule has 2 N–H and O–H groups in total. The van der Waals surface area contributed by atoms with Crippen LogP contribution in [0.3, 0.4) is 0 Å². The van der Waals surface area contributed by atoms with E-state index in [1.54, 1.807) is 6.20 Å². The predicted molar refractivity (Wildman–Crippen MR) is 86.1 cm³/mol. The highest BCUT2D eigenvalue weighted by atomic mass is 16.2. The maximum atomic E-state index is 12.6. The van der Waals surface area contributed by atoms with E-state index >= 15 is 0 Å². The number of benzene rings is 1. The number of H-pyrrole nitrogens is 1. The molecule has 5 rings (SSSR count). The molecule has 1 fully saturated rings. The van der Waals surface area contributed by atoms with Crippen molar-refractivity contribution in [3.05, 3.63) is 48.7 Å². The highest BCUT2D eigenvalue weighted by Crippen LogP contribution is 2.41. The number of anilines is 1. The Labute approximate surface area is 129 Å². The maximum absolute atomic E-state index is 12.6. The van der Waals surface area contributed by atoms with Crippen molar-refractivity contribution in [2.75, 3.05) is 5.32 Å². The van der Waals surface area contributed by atoms with Gasteiger partial charge in [0.2, 0.25) is 5.91 Å². The van der Waals surface area contributed by atoms with Crippen molar-refractivity contribution in [3.8, 4) is 11.1 Å². The minimum absolute atomic E-state index is 0.0932. The topological polar surface area (TPSA) is 57.8 Å². The van der Waals surface area contributed by atoms with Gasteiger partial charge in [0.1, 0.15) is 5.82 Å². The summed E-state index contributed by atoms with van der Waals surface area (Å²) in [5.74, 6) is 1.88. The highest BCUT2D eigenvalue weighted by Gasteiger charge is 2.36. The van der Waals surface area contributed by atoms with Crippen molar-refractivity contribution in [1.82, 2.24) is 10.2 Å². The molecular formula is C18H19N3O. The Kier molecular flexibility index (Phi) is 3.29. The average molecular weight is 293 g/mol. The normalized spacial score (nSPS) is 26.1. The molecular weight excluding hydrogens is 274 g/mol. The van der Waals surface area contributed by atoms with E-state index in [4.69, 9.17) is 0 Å². The molecule has 3 aliphatic rings. The number of nitrogens with zero attached hydrogens (tertiary/aromatic N) is 1. The van der Waals surface area contributed by atoms with Crippen LogP contribution in [0.15, 0.2) is 48.7 Å². The van der Waals surface area contributed by atoms with E-state index in [0.717, 1.165) is 24.0 Å². The lowest BCUT2D eigenvalue weighted by Gasteiger charge is -2.36. The Hall–Kier alpha value is -2.36. The van der Waals surface area contributed by atoms with Crippen LogP contribution in [-0.2, 0) is 4.79 Å². The van der Waals surface area contributed by atoms with Crippen LogP contribution in [0.5, 0.6) is 0 Å². The molecule has 0 unspecified atom stereocenters. The van der Waals surface area contributed by atoms with Gasteiger partial charge < -0.3 is 5.32 Å². The SMILES string of the molecule is O=C(Nc1[nH]ncc1-c1ccccc1)[C@@H]1C[C@@H]2C=C[C@H]1CC2. The molecule has 0 radical (unpaired) electrons. The maximum Gasteiger partial charge on any atom is 0.229 e. The van der Waals surface area contributed by atoms with Gasteiger partial charge in [-0.3, -0.25) is 9.89 Å². The van der Waals surface area contributed by atoms with Gasteiger partial charge >= 0.3 is 0 Å². The molecule has 2 aromatic rings. The van der Waals surface area contributed by atoms with Gasteiger partial charge in [0, 0.05) is 11.5 Å². The first kappa shape index (κ1) is 13.3. The number of nitrogens with one attached hydrogen (secondary N) is 2. The summed E-state index contributed by atoms with van der Waals surface area (Å²) in [6, 6.07) is 9.99. The first-order valence-corrected chi connectivity index (χ1v) is 7.89. The first-order chi connectivity index (χ1) is 10.8. The molecule has 1 aromatic carbocycles. The number of amides is 1. The molecule has 3 atom stereocenters. The number of hydrogen-bond acceptors (Lipinski definition) is 2. The van der Waals surface area contributed by atoms with E-state index in [2.05, 4.69) is 27.7 Å². The molecule has 1 saturated carbocycles. The van der Waals surface area contributed by atoms with Gasteiger partial charge in [-0.05, 0) is 36.7 Å². The van der Waals surface area contributed by atoms with Crippen LogP contribution in [0.4, 0.5) is 5.82 Å². The van der Waals surface area contributed by atoms with Crippen molar-refractivity contribution < 1.29 is 4.79 Å².